The highest BCUT2D eigenvalue weighted by Crippen LogP contribution is 2.36. The van der Waals surface area contributed by atoms with Crippen molar-refractivity contribution in [2.45, 2.75) is 44.3 Å². The van der Waals surface area contributed by atoms with E-state index < -0.39 is 0 Å². The number of ether oxygens (including phenoxy) is 2. The Labute approximate surface area is 162 Å². The molecule has 0 aromatic heterocycles. The molecule has 2 N–H and O–H groups in total. The van der Waals surface area contributed by atoms with E-state index in [0.29, 0.717) is 11.4 Å². The minimum absolute atomic E-state index is 0.344. The van der Waals surface area contributed by atoms with Crippen LogP contribution in [0.15, 0.2) is 23.2 Å². The summed E-state index contributed by atoms with van der Waals surface area (Å²) in [5.41, 5.74) is 1.26. The van der Waals surface area contributed by atoms with Crippen LogP contribution in [-0.4, -0.2) is 50.3 Å². The van der Waals surface area contributed by atoms with Crippen LogP contribution in [0, 0.1) is 0 Å². The first-order valence-electron chi connectivity index (χ1n) is 9.48. The molecule has 0 spiro atoms. The lowest BCUT2D eigenvalue weighted by Crippen LogP contribution is -2.43. The fourth-order valence-electron chi connectivity index (χ4n) is 3.11. The fraction of sp³-hybridized carbons (Fsp3) is 0.650. The predicted molar refractivity (Wildman–Crippen MR) is 112 cm³/mol. The first-order chi connectivity index (χ1) is 12.6. The van der Waals surface area contributed by atoms with E-state index in [1.54, 1.807) is 7.11 Å². The van der Waals surface area contributed by atoms with Gasteiger partial charge in [-0.05, 0) is 63.0 Å². The summed E-state index contributed by atoms with van der Waals surface area (Å²) in [5, 5.41) is 6.89. The SMILES string of the molecule is CCOc1cc(CCCNC(=NC)NCC2(C)CCCS2)ccc1OC. The van der Waals surface area contributed by atoms with Crippen LogP contribution in [0.3, 0.4) is 0 Å². The molecule has 1 unspecified atom stereocenters. The van der Waals surface area contributed by atoms with Gasteiger partial charge in [-0.3, -0.25) is 4.99 Å². The number of methoxy groups -OCH3 is 1. The summed E-state index contributed by atoms with van der Waals surface area (Å²) in [6.07, 6.45) is 4.62. The fourth-order valence-corrected chi connectivity index (χ4v) is 4.36. The Kier molecular flexibility index (Phi) is 8.42. The zero-order chi connectivity index (χ0) is 18.8. The molecule has 5 nitrogen and oxygen atoms in total. The van der Waals surface area contributed by atoms with Gasteiger partial charge in [0.2, 0.25) is 0 Å². The van der Waals surface area contributed by atoms with Crippen molar-refractivity contribution in [1.29, 1.82) is 0 Å². The molecule has 0 bridgehead atoms. The summed E-state index contributed by atoms with van der Waals surface area (Å²) in [6, 6.07) is 6.16. The largest absolute Gasteiger partial charge is 0.493 e. The van der Waals surface area contributed by atoms with Crippen molar-refractivity contribution in [3.8, 4) is 11.5 Å². The van der Waals surface area contributed by atoms with E-state index in [2.05, 4.69) is 46.4 Å². The van der Waals surface area contributed by atoms with E-state index in [1.807, 2.05) is 20.0 Å². The second-order valence-electron chi connectivity index (χ2n) is 6.78. The lowest BCUT2D eigenvalue weighted by Gasteiger charge is -2.24. The molecule has 0 saturated carbocycles. The summed E-state index contributed by atoms with van der Waals surface area (Å²) >= 11 is 2.06. The molecule has 26 heavy (non-hydrogen) atoms. The van der Waals surface area contributed by atoms with Gasteiger partial charge in [-0.25, -0.2) is 0 Å². The number of guanidine groups is 1. The smallest absolute Gasteiger partial charge is 0.191 e. The van der Waals surface area contributed by atoms with Crippen LogP contribution in [0.1, 0.15) is 38.7 Å². The zero-order valence-electron chi connectivity index (χ0n) is 16.6. The van der Waals surface area contributed by atoms with Crippen molar-refractivity contribution in [2.24, 2.45) is 4.99 Å². The summed E-state index contributed by atoms with van der Waals surface area (Å²) in [5.74, 6) is 3.77. The minimum atomic E-state index is 0.344. The molecule has 1 aliphatic heterocycles. The third kappa shape index (κ3) is 6.31. The first-order valence-corrected chi connectivity index (χ1v) is 10.5. The average molecular weight is 380 g/mol. The number of nitrogens with one attached hydrogen (secondary N) is 2. The molecule has 1 aromatic carbocycles. The van der Waals surface area contributed by atoms with Gasteiger partial charge in [0.15, 0.2) is 17.5 Å². The molecule has 1 aliphatic rings. The van der Waals surface area contributed by atoms with Crippen LogP contribution in [-0.2, 0) is 6.42 Å². The van der Waals surface area contributed by atoms with Crippen LogP contribution in [0.2, 0.25) is 0 Å². The van der Waals surface area contributed by atoms with Gasteiger partial charge in [0.25, 0.3) is 0 Å². The lowest BCUT2D eigenvalue weighted by molar-refractivity contribution is 0.310. The van der Waals surface area contributed by atoms with E-state index >= 15 is 0 Å². The normalized spacial score (nSPS) is 20.1. The van der Waals surface area contributed by atoms with Gasteiger partial charge in [0.1, 0.15) is 0 Å². The van der Waals surface area contributed by atoms with Gasteiger partial charge < -0.3 is 20.1 Å². The molecule has 1 heterocycles. The van der Waals surface area contributed by atoms with E-state index in [-0.39, 0.29) is 0 Å². The standard InChI is InChI=1S/C20H33N3O2S/c1-5-25-18-14-16(9-10-17(18)24-4)8-6-12-22-19(21-3)23-15-20(2)11-7-13-26-20/h9-10,14H,5-8,11-13,15H2,1-4H3,(H2,21,22,23). The van der Waals surface area contributed by atoms with Crippen LogP contribution in [0.5, 0.6) is 11.5 Å². The number of aryl methyl sites for hydroxylation is 1. The Morgan fingerprint density at radius 1 is 1.31 bits per heavy atom. The molecule has 146 valence electrons. The molecule has 1 fully saturated rings. The highest BCUT2D eigenvalue weighted by molar-refractivity contribution is 8.00. The van der Waals surface area contributed by atoms with Crippen LogP contribution < -0.4 is 20.1 Å². The van der Waals surface area contributed by atoms with Crippen LogP contribution >= 0.6 is 11.8 Å². The highest BCUT2D eigenvalue weighted by Gasteiger charge is 2.29. The zero-order valence-corrected chi connectivity index (χ0v) is 17.4. The Bertz CT molecular complexity index is 586. The van der Waals surface area contributed by atoms with E-state index in [0.717, 1.165) is 43.4 Å². The monoisotopic (exact) mass is 379 g/mol. The summed E-state index contributed by atoms with van der Waals surface area (Å²) in [4.78, 5) is 4.33. The van der Waals surface area contributed by atoms with E-state index in [4.69, 9.17) is 9.47 Å². The van der Waals surface area contributed by atoms with E-state index in [9.17, 15) is 0 Å². The highest BCUT2D eigenvalue weighted by atomic mass is 32.2. The Hall–Kier alpha value is -1.56. The minimum Gasteiger partial charge on any atom is -0.493 e. The summed E-state index contributed by atoms with van der Waals surface area (Å²) in [6.45, 7) is 6.82. The second-order valence-corrected chi connectivity index (χ2v) is 8.46. The first kappa shape index (κ1) is 20.7. The number of hydrogen-bond acceptors (Lipinski definition) is 4. The Morgan fingerprint density at radius 3 is 2.81 bits per heavy atom. The third-order valence-electron chi connectivity index (χ3n) is 4.62. The van der Waals surface area contributed by atoms with Gasteiger partial charge in [-0.15, -0.1) is 0 Å². The van der Waals surface area contributed by atoms with Gasteiger partial charge in [0, 0.05) is 24.9 Å². The number of benzene rings is 1. The summed E-state index contributed by atoms with van der Waals surface area (Å²) < 4.78 is 11.3. The van der Waals surface area contributed by atoms with Crippen molar-refractivity contribution < 1.29 is 9.47 Å². The molecule has 0 radical (unpaired) electrons. The van der Waals surface area contributed by atoms with Crippen molar-refractivity contribution in [2.75, 3.05) is 39.6 Å². The topological polar surface area (TPSA) is 54.9 Å². The molecule has 1 saturated heterocycles. The second kappa shape index (κ2) is 10.6. The Balaban J connectivity index is 1.74. The van der Waals surface area contributed by atoms with Crippen molar-refractivity contribution in [3.05, 3.63) is 23.8 Å². The van der Waals surface area contributed by atoms with Gasteiger partial charge in [0.05, 0.1) is 13.7 Å². The van der Waals surface area contributed by atoms with Gasteiger partial charge in [-0.2, -0.15) is 11.8 Å². The lowest BCUT2D eigenvalue weighted by atomic mass is 10.1. The number of hydrogen-bond donors (Lipinski definition) is 2. The van der Waals surface area contributed by atoms with Crippen LogP contribution in [0.25, 0.3) is 0 Å². The molecule has 1 aromatic rings. The van der Waals surface area contributed by atoms with Crippen molar-refractivity contribution in [3.63, 3.8) is 0 Å². The average Bonchev–Trinajstić information content (AvgIpc) is 3.08. The Morgan fingerprint density at radius 2 is 2.15 bits per heavy atom. The maximum Gasteiger partial charge on any atom is 0.191 e. The third-order valence-corrected chi connectivity index (χ3v) is 6.15. The molecule has 1 atom stereocenters. The number of rotatable bonds is 9. The maximum absolute atomic E-state index is 5.65. The molecular weight excluding hydrogens is 346 g/mol. The van der Waals surface area contributed by atoms with Crippen molar-refractivity contribution in [1.82, 2.24) is 10.6 Å². The molecule has 6 heteroatoms. The van der Waals surface area contributed by atoms with E-state index in [1.165, 1.54) is 24.2 Å². The van der Waals surface area contributed by atoms with Gasteiger partial charge in [-0.1, -0.05) is 6.07 Å². The molecule has 2 rings (SSSR count). The van der Waals surface area contributed by atoms with Crippen molar-refractivity contribution >= 4 is 17.7 Å². The van der Waals surface area contributed by atoms with Gasteiger partial charge >= 0.3 is 0 Å². The number of thioether (sulfide) groups is 1. The molecule has 0 aliphatic carbocycles. The summed E-state index contributed by atoms with van der Waals surface area (Å²) in [7, 11) is 3.50. The quantitative estimate of drug-likeness (QED) is 0.391. The number of nitrogens with zero attached hydrogens (tertiary/aromatic N) is 1. The number of aliphatic imine (C=N–C) groups is 1. The van der Waals surface area contributed by atoms with Crippen LogP contribution in [0.4, 0.5) is 0 Å². The maximum atomic E-state index is 5.65. The molecule has 0 amide bonds. The predicted octanol–water partition coefficient (Wildman–Crippen LogP) is 3.48. The molecular formula is C20H33N3O2S.